The van der Waals surface area contributed by atoms with Gasteiger partial charge in [0, 0.05) is 5.02 Å². The Balaban J connectivity index is 2.63. The number of benzene rings is 1. The second-order valence-corrected chi connectivity index (χ2v) is 5.06. The highest BCUT2D eigenvalue weighted by atomic mass is 79.9. The molecule has 2 rings (SSSR count). The number of nitrogens with zero attached hydrogens (tertiary/aromatic N) is 2. The smallest absolute Gasteiger partial charge is 0.0743 e. The summed E-state index contributed by atoms with van der Waals surface area (Å²) in [5.74, 6) is 0. The van der Waals surface area contributed by atoms with Gasteiger partial charge in [0.1, 0.15) is 0 Å². The van der Waals surface area contributed by atoms with Gasteiger partial charge < -0.3 is 0 Å². The van der Waals surface area contributed by atoms with Crippen LogP contribution in [0.5, 0.6) is 0 Å². The highest BCUT2D eigenvalue weighted by Crippen LogP contribution is 2.25. The maximum absolute atomic E-state index is 5.94. The Bertz CT molecular complexity index is 546. The summed E-state index contributed by atoms with van der Waals surface area (Å²) in [5.41, 5.74) is 4.27. The topological polar surface area (TPSA) is 17.8 Å². The molecule has 16 heavy (non-hydrogen) atoms. The summed E-state index contributed by atoms with van der Waals surface area (Å²) >= 11 is 9.47. The van der Waals surface area contributed by atoms with E-state index in [1.807, 2.05) is 43.7 Å². The number of hydrogen-bond acceptors (Lipinski definition) is 1. The zero-order valence-electron chi connectivity index (χ0n) is 9.38. The molecule has 1 aromatic heterocycles. The average Bonchev–Trinajstić information content (AvgIpc) is 2.46. The van der Waals surface area contributed by atoms with Crippen LogP contribution < -0.4 is 0 Å². The van der Waals surface area contributed by atoms with Crippen LogP contribution >= 0.6 is 27.5 Å². The van der Waals surface area contributed by atoms with Gasteiger partial charge >= 0.3 is 0 Å². The molecule has 0 bridgehead atoms. The van der Waals surface area contributed by atoms with E-state index in [-0.39, 0.29) is 0 Å². The van der Waals surface area contributed by atoms with E-state index in [1.54, 1.807) is 0 Å². The molecule has 0 fully saturated rings. The molecule has 2 aromatic rings. The van der Waals surface area contributed by atoms with Crippen LogP contribution in [-0.4, -0.2) is 9.78 Å². The Morgan fingerprint density at radius 3 is 2.44 bits per heavy atom. The van der Waals surface area contributed by atoms with E-state index in [4.69, 9.17) is 11.6 Å². The molecule has 0 saturated carbocycles. The molecule has 0 aliphatic rings. The number of aromatic nitrogens is 2. The number of hydrogen-bond donors (Lipinski definition) is 0. The van der Waals surface area contributed by atoms with Crippen molar-refractivity contribution in [2.45, 2.75) is 20.8 Å². The van der Waals surface area contributed by atoms with Gasteiger partial charge in [-0.15, -0.1) is 0 Å². The van der Waals surface area contributed by atoms with Crippen molar-refractivity contribution >= 4 is 27.5 Å². The van der Waals surface area contributed by atoms with Crippen LogP contribution in [0.2, 0.25) is 5.02 Å². The second kappa shape index (κ2) is 4.22. The minimum absolute atomic E-state index is 0.752. The Labute approximate surface area is 108 Å². The van der Waals surface area contributed by atoms with Gasteiger partial charge in [0.2, 0.25) is 0 Å². The molecule has 2 nitrogen and oxygen atoms in total. The van der Waals surface area contributed by atoms with E-state index >= 15 is 0 Å². The maximum Gasteiger partial charge on any atom is 0.0743 e. The van der Waals surface area contributed by atoms with E-state index in [0.717, 1.165) is 32.1 Å². The second-order valence-electron chi connectivity index (χ2n) is 3.83. The average molecular weight is 300 g/mol. The Morgan fingerprint density at radius 2 is 1.94 bits per heavy atom. The Morgan fingerprint density at radius 1 is 1.25 bits per heavy atom. The predicted molar refractivity (Wildman–Crippen MR) is 70.5 cm³/mol. The molecule has 0 radical (unpaired) electrons. The largest absolute Gasteiger partial charge is 0.236 e. The van der Waals surface area contributed by atoms with Crippen molar-refractivity contribution in [3.8, 4) is 5.69 Å². The molecule has 0 saturated heterocycles. The summed E-state index contributed by atoms with van der Waals surface area (Å²) in [4.78, 5) is 0. The molecule has 0 aliphatic heterocycles. The Hall–Kier alpha value is -0.800. The van der Waals surface area contributed by atoms with Crippen LogP contribution in [0.3, 0.4) is 0 Å². The van der Waals surface area contributed by atoms with Crippen molar-refractivity contribution in [2.24, 2.45) is 0 Å². The highest BCUT2D eigenvalue weighted by Gasteiger charge is 2.11. The summed E-state index contributed by atoms with van der Waals surface area (Å²) in [7, 11) is 0. The quantitative estimate of drug-likeness (QED) is 0.771. The van der Waals surface area contributed by atoms with Gasteiger partial charge in [0.25, 0.3) is 0 Å². The van der Waals surface area contributed by atoms with Crippen molar-refractivity contribution in [3.63, 3.8) is 0 Å². The fraction of sp³-hybridized carbons (Fsp3) is 0.250. The molecular weight excluding hydrogens is 288 g/mol. The lowest BCUT2D eigenvalue weighted by Gasteiger charge is -2.08. The van der Waals surface area contributed by atoms with Gasteiger partial charge in [0.15, 0.2) is 0 Å². The lowest BCUT2D eigenvalue weighted by Crippen LogP contribution is -2.01. The molecule has 0 aliphatic carbocycles. The van der Waals surface area contributed by atoms with Crippen LogP contribution in [0.1, 0.15) is 17.0 Å². The number of aryl methyl sites for hydroxylation is 2. The van der Waals surface area contributed by atoms with Gasteiger partial charge in [0.05, 0.1) is 21.5 Å². The summed E-state index contributed by atoms with van der Waals surface area (Å²) < 4.78 is 2.99. The van der Waals surface area contributed by atoms with E-state index in [0.29, 0.717) is 0 Å². The molecule has 1 aromatic carbocycles. The lowest BCUT2D eigenvalue weighted by atomic mass is 10.2. The maximum atomic E-state index is 5.94. The summed E-state index contributed by atoms with van der Waals surface area (Å²) in [6, 6.07) is 5.82. The van der Waals surface area contributed by atoms with Crippen molar-refractivity contribution in [1.29, 1.82) is 0 Å². The number of rotatable bonds is 1. The zero-order chi connectivity index (χ0) is 11.9. The van der Waals surface area contributed by atoms with Crippen molar-refractivity contribution in [3.05, 3.63) is 44.6 Å². The van der Waals surface area contributed by atoms with Crippen molar-refractivity contribution in [1.82, 2.24) is 9.78 Å². The normalized spacial score (nSPS) is 10.8. The number of halogens is 2. The fourth-order valence-electron chi connectivity index (χ4n) is 1.71. The molecule has 0 N–H and O–H groups in total. The van der Waals surface area contributed by atoms with Crippen LogP contribution in [0, 0.1) is 20.8 Å². The Kier molecular flexibility index (Phi) is 3.08. The lowest BCUT2D eigenvalue weighted by molar-refractivity contribution is 0.827. The zero-order valence-corrected chi connectivity index (χ0v) is 11.7. The molecule has 0 atom stereocenters. The minimum atomic E-state index is 0.752. The molecular formula is C12H12BrClN2. The predicted octanol–water partition coefficient (Wildman–Crippen LogP) is 4.21. The fourth-order valence-corrected chi connectivity index (χ4v) is 2.19. The van der Waals surface area contributed by atoms with Crippen molar-refractivity contribution < 1.29 is 0 Å². The van der Waals surface area contributed by atoms with Gasteiger partial charge in [-0.05, 0) is 60.5 Å². The first-order valence-electron chi connectivity index (χ1n) is 4.99. The molecule has 0 amide bonds. The first-order chi connectivity index (χ1) is 7.50. The monoisotopic (exact) mass is 298 g/mol. The van der Waals surface area contributed by atoms with E-state index in [2.05, 4.69) is 21.0 Å². The van der Waals surface area contributed by atoms with Crippen LogP contribution in [0.15, 0.2) is 22.7 Å². The first kappa shape index (κ1) is 11.7. The van der Waals surface area contributed by atoms with E-state index in [9.17, 15) is 0 Å². The third kappa shape index (κ3) is 1.89. The van der Waals surface area contributed by atoms with E-state index in [1.165, 1.54) is 0 Å². The summed E-state index contributed by atoms with van der Waals surface area (Å²) in [6.07, 6.45) is 0. The van der Waals surface area contributed by atoms with Gasteiger partial charge in [-0.3, -0.25) is 0 Å². The first-order valence-corrected chi connectivity index (χ1v) is 6.16. The van der Waals surface area contributed by atoms with Gasteiger partial charge in [-0.2, -0.15) is 5.10 Å². The van der Waals surface area contributed by atoms with Crippen LogP contribution in [0.25, 0.3) is 5.69 Å². The standard InChI is InChI=1S/C12H12BrClN2/c1-7-6-10(14)4-5-11(7)16-9(3)12(13)8(2)15-16/h4-6H,1-3H3. The van der Waals surface area contributed by atoms with E-state index < -0.39 is 0 Å². The molecule has 4 heteroatoms. The third-order valence-electron chi connectivity index (χ3n) is 2.59. The highest BCUT2D eigenvalue weighted by molar-refractivity contribution is 9.10. The molecule has 0 unspecified atom stereocenters. The summed E-state index contributed by atoms with van der Waals surface area (Å²) in [5, 5.41) is 5.25. The molecule has 84 valence electrons. The van der Waals surface area contributed by atoms with Crippen molar-refractivity contribution in [2.75, 3.05) is 0 Å². The minimum Gasteiger partial charge on any atom is -0.236 e. The van der Waals surface area contributed by atoms with Crippen LogP contribution in [0.4, 0.5) is 0 Å². The molecule has 0 spiro atoms. The third-order valence-corrected chi connectivity index (χ3v) is 3.97. The van der Waals surface area contributed by atoms with Gasteiger partial charge in [-0.25, -0.2) is 4.68 Å². The molecule has 1 heterocycles. The SMILES string of the molecule is Cc1cc(Cl)ccc1-n1nc(C)c(Br)c1C. The van der Waals surface area contributed by atoms with Crippen LogP contribution in [-0.2, 0) is 0 Å². The summed E-state index contributed by atoms with van der Waals surface area (Å²) in [6.45, 7) is 6.06. The van der Waals surface area contributed by atoms with Gasteiger partial charge in [-0.1, -0.05) is 11.6 Å².